The molecule has 0 aliphatic carbocycles. The normalized spacial score (nSPS) is 20.5. The lowest BCUT2D eigenvalue weighted by Crippen LogP contribution is -2.37. The summed E-state index contributed by atoms with van der Waals surface area (Å²) in [6.45, 7) is 7.28. The van der Waals surface area contributed by atoms with Crippen molar-refractivity contribution in [2.24, 2.45) is 0 Å². The molecule has 0 bridgehead atoms. The minimum Gasteiger partial charge on any atom is -0.337 e. The van der Waals surface area contributed by atoms with E-state index in [1.54, 1.807) is 0 Å². The first-order valence-electron chi connectivity index (χ1n) is 5.57. The Morgan fingerprint density at radius 2 is 2.20 bits per heavy atom. The summed E-state index contributed by atoms with van der Waals surface area (Å²) in [5.41, 5.74) is 1.11. The Bertz CT molecular complexity index is 303. The smallest absolute Gasteiger partial charge is 0.225 e. The molecule has 0 radical (unpaired) electrons. The molecular formula is C11H18N4. The van der Waals surface area contributed by atoms with Crippen LogP contribution in [-0.4, -0.2) is 35.6 Å². The fraction of sp³-hybridized carbons (Fsp3) is 0.636. The minimum atomic E-state index is 0.553. The van der Waals surface area contributed by atoms with Crippen LogP contribution < -0.4 is 10.2 Å². The van der Waals surface area contributed by atoms with Crippen molar-refractivity contribution in [3.63, 3.8) is 0 Å². The molecule has 0 saturated carbocycles. The minimum absolute atomic E-state index is 0.553. The molecule has 1 fully saturated rings. The van der Waals surface area contributed by atoms with Crippen molar-refractivity contribution in [3.05, 3.63) is 18.0 Å². The topological polar surface area (TPSA) is 41.1 Å². The first kappa shape index (κ1) is 10.4. The van der Waals surface area contributed by atoms with Gasteiger partial charge in [0.15, 0.2) is 0 Å². The maximum absolute atomic E-state index is 4.38. The fourth-order valence-corrected chi connectivity index (χ4v) is 2.00. The highest BCUT2D eigenvalue weighted by Crippen LogP contribution is 2.14. The summed E-state index contributed by atoms with van der Waals surface area (Å²) in [5.74, 6) is 0.858. The van der Waals surface area contributed by atoms with Crippen LogP contribution >= 0.6 is 0 Å². The molecule has 1 N–H and O–H groups in total. The Morgan fingerprint density at radius 3 is 2.73 bits per heavy atom. The van der Waals surface area contributed by atoms with E-state index in [1.807, 2.05) is 19.3 Å². The second-order valence-corrected chi connectivity index (χ2v) is 3.99. The van der Waals surface area contributed by atoms with E-state index in [-0.39, 0.29) is 0 Å². The summed E-state index contributed by atoms with van der Waals surface area (Å²) in [7, 11) is 0. The molecule has 1 atom stereocenters. The number of nitrogens with one attached hydrogen (secondary N) is 1. The molecule has 4 nitrogen and oxygen atoms in total. The number of hydrogen-bond acceptors (Lipinski definition) is 4. The molecule has 1 aromatic rings. The third-order valence-electron chi connectivity index (χ3n) is 2.84. The van der Waals surface area contributed by atoms with Crippen LogP contribution in [-0.2, 0) is 0 Å². The summed E-state index contributed by atoms with van der Waals surface area (Å²) in [4.78, 5) is 11.0. The Kier molecular flexibility index (Phi) is 3.16. The van der Waals surface area contributed by atoms with Gasteiger partial charge in [-0.2, -0.15) is 0 Å². The van der Waals surface area contributed by atoms with Crippen LogP contribution in [0.15, 0.2) is 12.4 Å². The van der Waals surface area contributed by atoms with Gasteiger partial charge in [-0.1, -0.05) is 0 Å². The molecule has 1 aliphatic rings. The van der Waals surface area contributed by atoms with Gasteiger partial charge >= 0.3 is 0 Å². The number of aryl methyl sites for hydroxylation is 1. The largest absolute Gasteiger partial charge is 0.337 e. The van der Waals surface area contributed by atoms with E-state index in [9.17, 15) is 0 Å². The van der Waals surface area contributed by atoms with Crippen LogP contribution in [0.4, 0.5) is 5.95 Å². The lowest BCUT2D eigenvalue weighted by molar-refractivity contribution is 0.631. The quantitative estimate of drug-likeness (QED) is 0.800. The van der Waals surface area contributed by atoms with Crippen LogP contribution in [0.25, 0.3) is 0 Å². The summed E-state index contributed by atoms with van der Waals surface area (Å²) in [6, 6.07) is 0.553. The van der Waals surface area contributed by atoms with E-state index < -0.39 is 0 Å². The van der Waals surface area contributed by atoms with Gasteiger partial charge in [-0.3, -0.25) is 0 Å². The second-order valence-electron chi connectivity index (χ2n) is 3.99. The van der Waals surface area contributed by atoms with Crippen molar-refractivity contribution < 1.29 is 0 Å². The fourth-order valence-electron chi connectivity index (χ4n) is 2.00. The Morgan fingerprint density at radius 1 is 1.47 bits per heavy atom. The molecule has 2 rings (SSSR count). The van der Waals surface area contributed by atoms with E-state index in [1.165, 1.54) is 6.42 Å². The number of nitrogens with zero attached hydrogens (tertiary/aromatic N) is 3. The van der Waals surface area contributed by atoms with Gasteiger partial charge < -0.3 is 10.2 Å². The lowest BCUT2D eigenvalue weighted by Gasteiger charge is -2.26. The van der Waals surface area contributed by atoms with Crippen LogP contribution in [0.5, 0.6) is 0 Å². The third-order valence-corrected chi connectivity index (χ3v) is 2.84. The maximum atomic E-state index is 4.38. The molecule has 1 aliphatic heterocycles. The summed E-state index contributed by atoms with van der Waals surface area (Å²) < 4.78 is 0. The molecule has 82 valence electrons. The van der Waals surface area contributed by atoms with Gasteiger partial charge in [0.25, 0.3) is 0 Å². The number of aromatic nitrogens is 2. The van der Waals surface area contributed by atoms with Gasteiger partial charge in [0.1, 0.15) is 0 Å². The standard InChI is InChI=1S/C11H18N4/c1-3-15(10-4-5-12-8-10)11-13-6-9(2)7-14-11/h6-7,10,12H,3-5,8H2,1-2H3. The highest BCUT2D eigenvalue weighted by atomic mass is 15.3. The average Bonchev–Trinajstić information content (AvgIpc) is 2.75. The molecule has 4 heteroatoms. The molecule has 1 unspecified atom stereocenters. The number of hydrogen-bond donors (Lipinski definition) is 1. The lowest BCUT2D eigenvalue weighted by atomic mass is 10.2. The summed E-state index contributed by atoms with van der Waals surface area (Å²) >= 11 is 0. The van der Waals surface area contributed by atoms with E-state index in [0.29, 0.717) is 6.04 Å². The van der Waals surface area contributed by atoms with E-state index in [2.05, 4.69) is 27.1 Å². The molecule has 0 amide bonds. The third kappa shape index (κ3) is 2.26. The molecule has 0 spiro atoms. The van der Waals surface area contributed by atoms with Gasteiger partial charge in [-0.15, -0.1) is 0 Å². The van der Waals surface area contributed by atoms with E-state index >= 15 is 0 Å². The van der Waals surface area contributed by atoms with Crippen molar-refractivity contribution >= 4 is 5.95 Å². The van der Waals surface area contributed by atoms with Crippen molar-refractivity contribution in [1.82, 2.24) is 15.3 Å². The van der Waals surface area contributed by atoms with Gasteiger partial charge in [-0.05, 0) is 32.4 Å². The summed E-state index contributed by atoms with van der Waals surface area (Å²) in [5, 5.41) is 3.37. The Balaban J connectivity index is 2.14. The number of rotatable bonds is 3. The van der Waals surface area contributed by atoms with Crippen LogP contribution in [0.3, 0.4) is 0 Å². The number of likely N-dealkylation sites (N-methyl/N-ethyl adjacent to an activating group) is 1. The van der Waals surface area contributed by atoms with Crippen molar-refractivity contribution in [2.75, 3.05) is 24.5 Å². The van der Waals surface area contributed by atoms with Crippen LogP contribution in [0.1, 0.15) is 18.9 Å². The first-order chi connectivity index (χ1) is 7.31. The van der Waals surface area contributed by atoms with Gasteiger partial charge in [0.2, 0.25) is 5.95 Å². The molecular weight excluding hydrogens is 188 g/mol. The maximum Gasteiger partial charge on any atom is 0.225 e. The second kappa shape index (κ2) is 4.57. The van der Waals surface area contributed by atoms with Crippen LogP contribution in [0, 0.1) is 6.92 Å². The zero-order valence-corrected chi connectivity index (χ0v) is 9.40. The van der Waals surface area contributed by atoms with Crippen molar-refractivity contribution in [2.45, 2.75) is 26.3 Å². The Labute approximate surface area is 90.7 Å². The molecule has 1 saturated heterocycles. The zero-order chi connectivity index (χ0) is 10.7. The molecule has 15 heavy (non-hydrogen) atoms. The highest BCUT2D eigenvalue weighted by molar-refractivity contribution is 5.32. The molecule has 1 aromatic heterocycles. The predicted molar refractivity (Wildman–Crippen MR) is 61.1 cm³/mol. The summed E-state index contributed by atoms with van der Waals surface area (Å²) in [6.07, 6.45) is 4.95. The van der Waals surface area contributed by atoms with Gasteiger partial charge in [0.05, 0.1) is 0 Å². The Hall–Kier alpha value is -1.16. The zero-order valence-electron chi connectivity index (χ0n) is 9.40. The van der Waals surface area contributed by atoms with Gasteiger partial charge in [-0.25, -0.2) is 9.97 Å². The van der Waals surface area contributed by atoms with Gasteiger partial charge in [0, 0.05) is 31.5 Å². The highest BCUT2D eigenvalue weighted by Gasteiger charge is 2.22. The van der Waals surface area contributed by atoms with Crippen molar-refractivity contribution in [1.29, 1.82) is 0 Å². The number of anilines is 1. The van der Waals surface area contributed by atoms with E-state index in [0.717, 1.165) is 31.1 Å². The van der Waals surface area contributed by atoms with E-state index in [4.69, 9.17) is 0 Å². The first-order valence-corrected chi connectivity index (χ1v) is 5.57. The predicted octanol–water partition coefficient (Wildman–Crippen LogP) is 0.973. The SMILES string of the molecule is CCN(c1ncc(C)cn1)C1CCNC1. The average molecular weight is 206 g/mol. The monoisotopic (exact) mass is 206 g/mol. The van der Waals surface area contributed by atoms with Crippen LogP contribution in [0.2, 0.25) is 0 Å². The molecule has 0 aromatic carbocycles. The van der Waals surface area contributed by atoms with Crippen molar-refractivity contribution in [3.8, 4) is 0 Å². The molecule has 2 heterocycles.